The quantitative estimate of drug-likeness (QED) is 0.684. The van der Waals surface area contributed by atoms with E-state index in [1.807, 2.05) is 0 Å². The fourth-order valence-electron chi connectivity index (χ4n) is 2.18. The average molecular weight is 234 g/mol. The molecule has 1 atom stereocenters. The molecule has 0 aliphatic heterocycles. The fourth-order valence-corrected chi connectivity index (χ4v) is 2.18. The van der Waals surface area contributed by atoms with Crippen molar-refractivity contribution in [3.63, 3.8) is 0 Å². The number of rotatable bonds is 0. The van der Waals surface area contributed by atoms with E-state index in [1.165, 1.54) is 12.1 Å². The molecule has 1 N–H and O–H groups in total. The Morgan fingerprint density at radius 1 is 1.25 bits per heavy atom. The number of halogens is 4. The minimum atomic E-state index is -4.84. The van der Waals surface area contributed by atoms with Crippen molar-refractivity contribution < 1.29 is 22.7 Å². The molecule has 16 heavy (non-hydrogen) atoms. The Labute approximate surface area is 89.7 Å². The lowest BCUT2D eigenvalue weighted by atomic mass is 9.78. The highest BCUT2D eigenvalue weighted by atomic mass is 19.4. The van der Waals surface area contributed by atoms with Crippen molar-refractivity contribution in [2.75, 3.05) is 0 Å². The minimum Gasteiger partial charge on any atom is -0.376 e. The van der Waals surface area contributed by atoms with Crippen molar-refractivity contribution in [2.24, 2.45) is 0 Å². The predicted molar refractivity (Wildman–Crippen MR) is 49.3 cm³/mol. The summed E-state index contributed by atoms with van der Waals surface area (Å²) in [6.45, 7) is 0. The summed E-state index contributed by atoms with van der Waals surface area (Å²) < 4.78 is 51.7. The van der Waals surface area contributed by atoms with E-state index in [9.17, 15) is 22.7 Å². The molecule has 0 radical (unpaired) electrons. The maximum atomic E-state index is 13.4. The van der Waals surface area contributed by atoms with Crippen LogP contribution in [0.15, 0.2) is 18.2 Å². The van der Waals surface area contributed by atoms with E-state index >= 15 is 0 Å². The summed E-state index contributed by atoms with van der Waals surface area (Å²) in [7, 11) is 0. The predicted octanol–water partition coefficient (Wildman–Crippen LogP) is 2.91. The Morgan fingerprint density at radius 3 is 2.56 bits per heavy atom. The molecule has 1 aliphatic rings. The summed E-state index contributed by atoms with van der Waals surface area (Å²) in [5, 5.41) is 9.68. The largest absolute Gasteiger partial charge is 0.421 e. The van der Waals surface area contributed by atoms with E-state index in [2.05, 4.69) is 0 Å². The van der Waals surface area contributed by atoms with Gasteiger partial charge in [0.15, 0.2) is 5.60 Å². The third-order valence-corrected chi connectivity index (χ3v) is 2.97. The number of aliphatic hydroxyl groups is 1. The summed E-state index contributed by atoms with van der Waals surface area (Å²) in [5.74, 6) is -0.989. The molecule has 1 nitrogen and oxygen atoms in total. The second-order valence-electron chi connectivity index (χ2n) is 3.99. The van der Waals surface area contributed by atoms with E-state index in [-0.39, 0.29) is 12.0 Å². The third-order valence-electron chi connectivity index (χ3n) is 2.97. The molecule has 0 spiro atoms. The molecule has 0 aromatic heterocycles. The van der Waals surface area contributed by atoms with Crippen molar-refractivity contribution in [1.82, 2.24) is 0 Å². The summed E-state index contributed by atoms with van der Waals surface area (Å²) >= 11 is 0. The first-order valence-electron chi connectivity index (χ1n) is 4.93. The van der Waals surface area contributed by atoms with Crippen molar-refractivity contribution in [3.05, 3.63) is 35.1 Å². The van der Waals surface area contributed by atoms with Crippen molar-refractivity contribution >= 4 is 0 Å². The molecule has 0 saturated heterocycles. The van der Waals surface area contributed by atoms with Gasteiger partial charge in [0.1, 0.15) is 5.82 Å². The summed E-state index contributed by atoms with van der Waals surface area (Å²) in [6, 6.07) is 3.73. The zero-order chi connectivity index (χ0) is 12.0. The SMILES string of the molecule is OC1(C(F)(F)F)CCCc2cccc(F)c21. The van der Waals surface area contributed by atoms with Gasteiger partial charge in [0, 0.05) is 5.56 Å². The van der Waals surface area contributed by atoms with Gasteiger partial charge >= 0.3 is 6.18 Å². The first-order chi connectivity index (χ1) is 7.36. The van der Waals surface area contributed by atoms with Gasteiger partial charge in [-0.05, 0) is 30.9 Å². The first-order valence-corrected chi connectivity index (χ1v) is 4.93. The van der Waals surface area contributed by atoms with E-state index in [4.69, 9.17) is 0 Å². The molecular formula is C11H10F4O. The molecule has 88 valence electrons. The van der Waals surface area contributed by atoms with Gasteiger partial charge in [-0.1, -0.05) is 12.1 Å². The molecule has 1 aromatic carbocycles. The van der Waals surface area contributed by atoms with Crippen LogP contribution in [0.2, 0.25) is 0 Å². The van der Waals surface area contributed by atoms with Crippen LogP contribution in [-0.4, -0.2) is 11.3 Å². The highest BCUT2D eigenvalue weighted by Gasteiger charge is 2.57. The Morgan fingerprint density at radius 2 is 1.94 bits per heavy atom. The molecule has 0 fully saturated rings. The number of hydrogen-bond donors (Lipinski definition) is 1. The maximum absolute atomic E-state index is 13.4. The van der Waals surface area contributed by atoms with Gasteiger partial charge in [-0.15, -0.1) is 0 Å². The Kier molecular flexibility index (Phi) is 2.45. The van der Waals surface area contributed by atoms with Crippen LogP contribution >= 0.6 is 0 Å². The number of hydrogen-bond acceptors (Lipinski definition) is 1. The zero-order valence-electron chi connectivity index (χ0n) is 8.31. The molecule has 0 heterocycles. The number of alkyl halides is 3. The normalized spacial score (nSPS) is 25.3. The molecule has 0 saturated carbocycles. The smallest absolute Gasteiger partial charge is 0.376 e. The van der Waals surface area contributed by atoms with Crippen LogP contribution in [0.4, 0.5) is 17.6 Å². The average Bonchev–Trinajstić information content (AvgIpc) is 2.16. The molecule has 2 rings (SSSR count). The molecule has 0 amide bonds. The van der Waals surface area contributed by atoms with Gasteiger partial charge in [0.25, 0.3) is 0 Å². The van der Waals surface area contributed by atoms with E-state index in [0.717, 1.165) is 6.07 Å². The van der Waals surface area contributed by atoms with E-state index in [1.54, 1.807) is 0 Å². The van der Waals surface area contributed by atoms with Crippen LogP contribution in [0.1, 0.15) is 24.0 Å². The lowest BCUT2D eigenvalue weighted by Gasteiger charge is -2.36. The molecule has 1 aromatic rings. The molecule has 1 unspecified atom stereocenters. The fraction of sp³-hybridized carbons (Fsp3) is 0.455. The second-order valence-corrected chi connectivity index (χ2v) is 3.99. The van der Waals surface area contributed by atoms with Crippen LogP contribution < -0.4 is 0 Å². The molecule has 1 aliphatic carbocycles. The first kappa shape index (κ1) is 11.4. The lowest BCUT2D eigenvalue weighted by molar-refractivity contribution is -0.272. The van der Waals surface area contributed by atoms with Crippen LogP contribution in [0, 0.1) is 5.82 Å². The Hall–Kier alpha value is -1.10. The number of benzene rings is 1. The standard InChI is InChI=1S/C11H10F4O/c12-8-5-1-3-7-4-2-6-10(16,9(7)8)11(13,14)15/h1,3,5,16H,2,4,6H2. The van der Waals surface area contributed by atoms with Gasteiger partial charge < -0.3 is 5.11 Å². The van der Waals surface area contributed by atoms with Crippen molar-refractivity contribution in [3.8, 4) is 0 Å². The van der Waals surface area contributed by atoms with Gasteiger partial charge in [0.05, 0.1) is 0 Å². The van der Waals surface area contributed by atoms with Gasteiger partial charge in [-0.25, -0.2) is 4.39 Å². The summed E-state index contributed by atoms with van der Waals surface area (Å²) in [4.78, 5) is 0. The van der Waals surface area contributed by atoms with Crippen molar-refractivity contribution in [1.29, 1.82) is 0 Å². The van der Waals surface area contributed by atoms with Gasteiger partial charge in [-0.2, -0.15) is 13.2 Å². The maximum Gasteiger partial charge on any atom is 0.421 e. The van der Waals surface area contributed by atoms with Gasteiger partial charge in [-0.3, -0.25) is 0 Å². The van der Waals surface area contributed by atoms with Crippen LogP contribution in [0.5, 0.6) is 0 Å². The second kappa shape index (κ2) is 3.45. The topological polar surface area (TPSA) is 20.2 Å². The number of fused-ring (bicyclic) bond motifs is 1. The summed E-state index contributed by atoms with van der Waals surface area (Å²) in [6.07, 6.45) is -4.76. The van der Waals surface area contributed by atoms with E-state index in [0.29, 0.717) is 6.42 Å². The van der Waals surface area contributed by atoms with Crippen LogP contribution in [0.25, 0.3) is 0 Å². The third kappa shape index (κ3) is 1.50. The summed E-state index contributed by atoms with van der Waals surface area (Å²) in [5.41, 5.74) is -3.40. The van der Waals surface area contributed by atoms with Gasteiger partial charge in [0.2, 0.25) is 0 Å². The monoisotopic (exact) mass is 234 g/mol. The van der Waals surface area contributed by atoms with Crippen LogP contribution in [-0.2, 0) is 12.0 Å². The molecular weight excluding hydrogens is 224 g/mol. The number of aryl methyl sites for hydroxylation is 1. The molecule has 5 heteroatoms. The highest BCUT2D eigenvalue weighted by molar-refractivity contribution is 5.37. The minimum absolute atomic E-state index is 0.201. The zero-order valence-corrected chi connectivity index (χ0v) is 8.31. The molecule has 0 bridgehead atoms. The van der Waals surface area contributed by atoms with Crippen molar-refractivity contribution in [2.45, 2.75) is 31.0 Å². The highest BCUT2D eigenvalue weighted by Crippen LogP contribution is 2.47. The Bertz CT molecular complexity index is 413. The van der Waals surface area contributed by atoms with E-state index < -0.39 is 29.6 Å². The van der Waals surface area contributed by atoms with Crippen LogP contribution in [0.3, 0.4) is 0 Å². The lowest BCUT2D eigenvalue weighted by Crippen LogP contribution is -2.45. The Balaban J connectivity index is 2.64.